The second-order valence-electron chi connectivity index (χ2n) is 1.05. The van der Waals surface area contributed by atoms with E-state index in [1.807, 2.05) is 0 Å². The molecule has 0 aromatic heterocycles. The fourth-order valence-electron chi connectivity index (χ4n) is 0. The molecule has 4 nitrogen and oxygen atoms in total. The summed E-state index contributed by atoms with van der Waals surface area (Å²) in [6, 6.07) is 0. The molecule has 0 atom stereocenters. The molecule has 0 heterocycles. The van der Waals surface area contributed by atoms with Gasteiger partial charge in [-0.25, -0.2) is 0 Å². The van der Waals surface area contributed by atoms with Crippen LogP contribution in [0.1, 0.15) is 0 Å². The van der Waals surface area contributed by atoms with Crippen molar-refractivity contribution in [1.82, 2.24) is 0 Å². The summed E-state index contributed by atoms with van der Waals surface area (Å²) in [5, 5.41) is 15.2. The molecule has 0 aromatic rings. The van der Waals surface area contributed by atoms with E-state index >= 15 is 0 Å². The molecule has 0 aliphatic heterocycles. The fourth-order valence-corrected chi connectivity index (χ4v) is 0. The number of halogens is 2. The van der Waals surface area contributed by atoms with Gasteiger partial charge >= 0.3 is 11.9 Å². The zero-order chi connectivity index (χ0) is 8.57. The number of carboxylic acids is 2. The van der Waals surface area contributed by atoms with Gasteiger partial charge in [0.15, 0.2) is 0 Å². The predicted octanol–water partition coefficient (Wildman–Crippen LogP) is 0.617. The Hall–Kier alpha value is 0.442. The van der Waals surface area contributed by atoms with Gasteiger partial charge in [-0.15, -0.1) is 23.2 Å². The van der Waals surface area contributed by atoms with E-state index in [1.165, 1.54) is 0 Å². The number of rotatable bonds is 2. The molecular formula is C4H6CdCl2O4. The summed E-state index contributed by atoms with van der Waals surface area (Å²) in [4.78, 5) is 18.5. The SMILES string of the molecule is O=C(O)CCl.O=C(O)CCl.[Cd]. The first-order chi connectivity index (χ1) is 4.54. The third-order valence-corrected chi connectivity index (χ3v) is 0.686. The van der Waals surface area contributed by atoms with Gasteiger partial charge in [0, 0.05) is 27.3 Å². The maximum Gasteiger partial charge on any atom is 0.318 e. The number of hydrogen-bond acceptors (Lipinski definition) is 2. The van der Waals surface area contributed by atoms with Crippen LogP contribution in [0.3, 0.4) is 0 Å². The molecule has 0 bridgehead atoms. The van der Waals surface area contributed by atoms with Crippen LogP contribution in [-0.4, -0.2) is 33.9 Å². The standard InChI is InChI=1S/2C2H3ClO2.Cd/c2*3-1-2(4)5;/h2*1H2,(H,4,5);. The van der Waals surface area contributed by atoms with Crippen LogP contribution in [0.5, 0.6) is 0 Å². The molecule has 0 aromatic carbocycles. The third kappa shape index (κ3) is 37.7. The van der Waals surface area contributed by atoms with E-state index in [9.17, 15) is 9.59 Å². The third-order valence-electron chi connectivity index (χ3n) is 0.229. The number of alkyl halides is 2. The Morgan fingerprint density at radius 2 is 1.09 bits per heavy atom. The van der Waals surface area contributed by atoms with Crippen molar-refractivity contribution in [2.75, 3.05) is 11.8 Å². The molecule has 2 N–H and O–H groups in total. The molecule has 0 rings (SSSR count). The summed E-state index contributed by atoms with van der Waals surface area (Å²) in [7, 11) is 0. The topological polar surface area (TPSA) is 74.6 Å². The summed E-state index contributed by atoms with van der Waals surface area (Å²) in [5.41, 5.74) is 0. The summed E-state index contributed by atoms with van der Waals surface area (Å²) < 4.78 is 0. The van der Waals surface area contributed by atoms with Gasteiger partial charge in [-0.1, -0.05) is 0 Å². The first-order valence-corrected chi connectivity index (χ1v) is 3.17. The van der Waals surface area contributed by atoms with Gasteiger partial charge < -0.3 is 10.2 Å². The van der Waals surface area contributed by atoms with Crippen molar-refractivity contribution in [3.63, 3.8) is 0 Å². The predicted molar refractivity (Wildman–Crippen MR) is 36.7 cm³/mol. The van der Waals surface area contributed by atoms with Crippen LogP contribution in [0.4, 0.5) is 0 Å². The van der Waals surface area contributed by atoms with Crippen LogP contribution in [0, 0.1) is 0 Å². The normalized spacial score (nSPS) is 6.73. The first-order valence-electron chi connectivity index (χ1n) is 2.10. The summed E-state index contributed by atoms with van der Waals surface area (Å²) >= 11 is 9.47. The second kappa shape index (κ2) is 13.1. The van der Waals surface area contributed by atoms with Crippen LogP contribution in [0.15, 0.2) is 0 Å². The van der Waals surface area contributed by atoms with Crippen molar-refractivity contribution in [1.29, 1.82) is 0 Å². The van der Waals surface area contributed by atoms with Crippen molar-refractivity contribution in [3.8, 4) is 0 Å². The van der Waals surface area contributed by atoms with E-state index in [4.69, 9.17) is 33.4 Å². The van der Waals surface area contributed by atoms with Gasteiger partial charge in [0.05, 0.1) is 0 Å². The molecule has 62 valence electrons. The smallest absolute Gasteiger partial charge is 0.318 e. The molecule has 0 amide bonds. The van der Waals surface area contributed by atoms with Gasteiger partial charge in [0.25, 0.3) is 0 Å². The van der Waals surface area contributed by atoms with Crippen molar-refractivity contribution in [2.24, 2.45) is 0 Å². The fraction of sp³-hybridized carbons (Fsp3) is 0.500. The van der Waals surface area contributed by atoms with Gasteiger partial charge in [-0.05, 0) is 0 Å². The Morgan fingerprint density at radius 3 is 1.09 bits per heavy atom. The minimum Gasteiger partial charge on any atom is -0.480 e. The van der Waals surface area contributed by atoms with Crippen LogP contribution >= 0.6 is 23.2 Å². The minimum absolute atomic E-state index is 0. The molecule has 0 radical (unpaired) electrons. The van der Waals surface area contributed by atoms with Crippen molar-refractivity contribution in [2.45, 2.75) is 0 Å². The van der Waals surface area contributed by atoms with E-state index in [0.29, 0.717) is 0 Å². The van der Waals surface area contributed by atoms with E-state index < -0.39 is 11.9 Å². The Morgan fingerprint density at radius 1 is 1.00 bits per heavy atom. The van der Waals surface area contributed by atoms with Gasteiger partial charge in [0.2, 0.25) is 0 Å². The maximum atomic E-state index is 9.24. The molecule has 0 saturated heterocycles. The molecule has 0 unspecified atom stereocenters. The van der Waals surface area contributed by atoms with Crippen LogP contribution < -0.4 is 0 Å². The van der Waals surface area contributed by atoms with Gasteiger partial charge in [-0.3, -0.25) is 9.59 Å². The molecule has 0 aliphatic carbocycles. The summed E-state index contributed by atoms with van der Waals surface area (Å²) in [6.45, 7) is 0. The monoisotopic (exact) mass is 302 g/mol. The van der Waals surface area contributed by atoms with E-state index in [2.05, 4.69) is 0 Å². The van der Waals surface area contributed by atoms with Gasteiger partial charge in [0.1, 0.15) is 11.8 Å². The Labute approximate surface area is 93.6 Å². The summed E-state index contributed by atoms with van der Waals surface area (Å²) in [6.07, 6.45) is 0. The molecule has 0 saturated carbocycles. The van der Waals surface area contributed by atoms with Crippen molar-refractivity contribution >= 4 is 35.1 Å². The molecular weight excluding hydrogens is 295 g/mol. The Bertz CT molecular complexity index is 105. The number of hydrogen-bond donors (Lipinski definition) is 2. The first kappa shape index (κ1) is 17.5. The quantitative estimate of drug-likeness (QED) is 0.579. The van der Waals surface area contributed by atoms with Crippen LogP contribution in [-0.2, 0) is 36.9 Å². The van der Waals surface area contributed by atoms with Crippen molar-refractivity contribution in [3.05, 3.63) is 0 Å². The molecule has 7 heteroatoms. The van der Waals surface area contributed by atoms with Crippen LogP contribution in [0.25, 0.3) is 0 Å². The number of aliphatic carboxylic acids is 2. The van der Waals surface area contributed by atoms with Crippen molar-refractivity contribution < 1.29 is 47.1 Å². The van der Waals surface area contributed by atoms with E-state index in [1.54, 1.807) is 0 Å². The minimum atomic E-state index is -0.980. The number of carboxylic acid groups (broad SMARTS) is 2. The molecule has 0 fully saturated rings. The largest absolute Gasteiger partial charge is 0.480 e. The molecule has 11 heavy (non-hydrogen) atoms. The summed E-state index contributed by atoms with van der Waals surface area (Å²) in [5.74, 6) is -2.57. The van der Waals surface area contributed by atoms with E-state index in [-0.39, 0.29) is 39.1 Å². The average molecular weight is 301 g/mol. The van der Waals surface area contributed by atoms with Crippen LogP contribution in [0.2, 0.25) is 0 Å². The number of carbonyl (C=O) groups is 2. The van der Waals surface area contributed by atoms with Gasteiger partial charge in [-0.2, -0.15) is 0 Å². The zero-order valence-electron chi connectivity index (χ0n) is 5.59. The van der Waals surface area contributed by atoms with E-state index in [0.717, 1.165) is 0 Å². The Kier molecular flexibility index (Phi) is 20.8. The average Bonchev–Trinajstić information content (AvgIpc) is 1.89. The molecule has 0 aliphatic rings. The Balaban J connectivity index is -0.000000107. The maximum absolute atomic E-state index is 9.24. The zero-order valence-corrected chi connectivity index (χ0v) is 11.1. The molecule has 0 spiro atoms. The second-order valence-corrected chi connectivity index (χ2v) is 1.59.